The van der Waals surface area contributed by atoms with Crippen LogP contribution in [0.4, 0.5) is 5.69 Å². The van der Waals surface area contributed by atoms with E-state index in [-0.39, 0.29) is 22.3 Å². The van der Waals surface area contributed by atoms with Gasteiger partial charge in [0, 0.05) is 11.5 Å². The van der Waals surface area contributed by atoms with E-state index in [9.17, 15) is 21.6 Å². The first kappa shape index (κ1) is 23.2. The summed E-state index contributed by atoms with van der Waals surface area (Å²) in [6, 6.07) is 10.9. The maximum atomic E-state index is 14.1. The second kappa shape index (κ2) is 7.98. The Kier molecular flexibility index (Phi) is 5.44. The Labute approximate surface area is 199 Å². The summed E-state index contributed by atoms with van der Waals surface area (Å²) in [5.74, 6) is 0.0210. The first-order valence-electron chi connectivity index (χ1n) is 11.2. The fourth-order valence-corrected chi connectivity index (χ4v) is 8.97. The summed E-state index contributed by atoms with van der Waals surface area (Å²) in [5, 5.41) is 0. The van der Waals surface area contributed by atoms with Crippen molar-refractivity contribution >= 4 is 31.5 Å². The molecule has 0 bridgehead atoms. The Bertz CT molecular complexity index is 1350. The van der Waals surface area contributed by atoms with Gasteiger partial charge in [-0.1, -0.05) is 6.07 Å². The molecular weight excluding hydrogens is 478 g/mol. The van der Waals surface area contributed by atoms with Gasteiger partial charge in [0.1, 0.15) is 15.6 Å². The predicted molar refractivity (Wildman–Crippen MR) is 127 cm³/mol. The highest BCUT2D eigenvalue weighted by Gasteiger charge is 2.60. The normalized spacial score (nSPS) is 22.9. The minimum absolute atomic E-state index is 0.00877. The third kappa shape index (κ3) is 3.58. The molecule has 0 radical (unpaired) electrons. The Morgan fingerprint density at radius 3 is 2.38 bits per heavy atom. The van der Waals surface area contributed by atoms with Crippen molar-refractivity contribution in [2.45, 2.75) is 42.0 Å². The SMILES string of the molecule is COC(=O)c1ccc2c(c1)C1(CCS(=O)(=O)CC1)C(C1CC1)N2S(=O)(=O)c1cccc(OC)c1. The summed E-state index contributed by atoms with van der Waals surface area (Å²) in [7, 11) is -4.41. The number of sulfonamides is 1. The van der Waals surface area contributed by atoms with Crippen LogP contribution in [0.1, 0.15) is 41.6 Å². The molecule has 182 valence electrons. The molecule has 1 aliphatic carbocycles. The van der Waals surface area contributed by atoms with Crippen molar-refractivity contribution in [3.8, 4) is 5.75 Å². The van der Waals surface area contributed by atoms with Gasteiger partial charge < -0.3 is 9.47 Å². The average molecular weight is 506 g/mol. The quantitative estimate of drug-likeness (QED) is 0.575. The predicted octanol–water partition coefficient (Wildman–Crippen LogP) is 2.92. The number of ether oxygens (including phenoxy) is 2. The van der Waals surface area contributed by atoms with Gasteiger partial charge in [-0.2, -0.15) is 0 Å². The van der Waals surface area contributed by atoms with Gasteiger partial charge in [-0.25, -0.2) is 21.6 Å². The van der Waals surface area contributed by atoms with Crippen molar-refractivity contribution in [2.24, 2.45) is 5.92 Å². The molecule has 2 aromatic rings. The van der Waals surface area contributed by atoms with Crippen LogP contribution in [0.3, 0.4) is 0 Å². The number of methoxy groups -OCH3 is 2. The summed E-state index contributed by atoms with van der Waals surface area (Å²) >= 11 is 0. The van der Waals surface area contributed by atoms with Gasteiger partial charge in [0.25, 0.3) is 10.0 Å². The number of nitrogens with zero attached hydrogens (tertiary/aromatic N) is 1. The Morgan fingerprint density at radius 1 is 1.06 bits per heavy atom. The van der Waals surface area contributed by atoms with Gasteiger partial charge in [-0.3, -0.25) is 4.31 Å². The number of rotatable bonds is 5. The van der Waals surface area contributed by atoms with Gasteiger partial charge in [-0.05, 0) is 67.5 Å². The first-order valence-corrected chi connectivity index (χ1v) is 14.5. The van der Waals surface area contributed by atoms with Crippen LogP contribution in [-0.2, 0) is 30.0 Å². The monoisotopic (exact) mass is 505 g/mol. The van der Waals surface area contributed by atoms with Crippen LogP contribution >= 0.6 is 0 Å². The van der Waals surface area contributed by atoms with Crippen molar-refractivity contribution in [2.75, 3.05) is 30.0 Å². The molecule has 2 aliphatic heterocycles. The summed E-state index contributed by atoms with van der Waals surface area (Å²) in [6.45, 7) is 0. The lowest BCUT2D eigenvalue weighted by atomic mass is 9.70. The maximum Gasteiger partial charge on any atom is 0.337 e. The highest BCUT2D eigenvalue weighted by molar-refractivity contribution is 7.93. The summed E-state index contributed by atoms with van der Waals surface area (Å²) in [6.07, 6.45) is 2.39. The lowest BCUT2D eigenvalue weighted by Crippen LogP contribution is -2.52. The van der Waals surface area contributed by atoms with Crippen molar-refractivity contribution < 1.29 is 31.1 Å². The number of anilines is 1. The van der Waals surface area contributed by atoms with Crippen LogP contribution in [0.5, 0.6) is 5.75 Å². The second-order valence-electron chi connectivity index (χ2n) is 9.29. The molecule has 0 amide bonds. The number of esters is 1. The zero-order chi connectivity index (χ0) is 24.3. The third-order valence-corrected chi connectivity index (χ3v) is 10.8. The molecule has 1 atom stereocenters. The van der Waals surface area contributed by atoms with E-state index in [1.54, 1.807) is 36.4 Å². The fourth-order valence-electron chi connectivity index (χ4n) is 5.58. The van der Waals surface area contributed by atoms with E-state index in [0.717, 1.165) is 12.8 Å². The van der Waals surface area contributed by atoms with E-state index < -0.39 is 37.3 Å². The zero-order valence-corrected chi connectivity index (χ0v) is 20.7. The number of carbonyl (C=O) groups excluding carboxylic acids is 1. The molecule has 0 N–H and O–H groups in total. The van der Waals surface area contributed by atoms with Crippen molar-refractivity contribution in [1.82, 2.24) is 0 Å². The minimum Gasteiger partial charge on any atom is -0.497 e. The Hall–Kier alpha value is -2.59. The highest BCUT2D eigenvalue weighted by atomic mass is 32.2. The van der Waals surface area contributed by atoms with Gasteiger partial charge in [0.05, 0.1) is 47.9 Å². The molecule has 2 heterocycles. The number of fused-ring (bicyclic) bond motifs is 2. The number of sulfone groups is 1. The molecule has 10 heteroatoms. The van der Waals surface area contributed by atoms with Crippen molar-refractivity contribution in [3.63, 3.8) is 0 Å². The van der Waals surface area contributed by atoms with E-state index in [4.69, 9.17) is 9.47 Å². The smallest absolute Gasteiger partial charge is 0.337 e. The van der Waals surface area contributed by atoms with Crippen LogP contribution in [0.2, 0.25) is 0 Å². The average Bonchev–Trinajstić information content (AvgIpc) is 3.63. The van der Waals surface area contributed by atoms with Gasteiger partial charge in [0.15, 0.2) is 0 Å². The molecule has 1 unspecified atom stereocenters. The van der Waals surface area contributed by atoms with Crippen LogP contribution in [0.25, 0.3) is 0 Å². The molecular formula is C24H27NO7S2. The minimum atomic E-state index is -3.99. The molecule has 1 saturated heterocycles. The largest absolute Gasteiger partial charge is 0.497 e. The zero-order valence-electron chi connectivity index (χ0n) is 19.1. The Morgan fingerprint density at radius 2 is 1.76 bits per heavy atom. The van der Waals surface area contributed by atoms with Crippen LogP contribution in [0, 0.1) is 5.92 Å². The summed E-state index contributed by atoms with van der Waals surface area (Å²) in [4.78, 5) is 12.4. The Balaban J connectivity index is 1.72. The molecule has 0 aromatic heterocycles. The molecule has 1 spiro atoms. The van der Waals surface area contributed by atoms with E-state index in [2.05, 4.69) is 0 Å². The lowest BCUT2D eigenvalue weighted by Gasteiger charge is -2.41. The molecule has 1 saturated carbocycles. The van der Waals surface area contributed by atoms with Crippen LogP contribution < -0.4 is 9.04 Å². The van der Waals surface area contributed by atoms with Gasteiger partial charge >= 0.3 is 5.97 Å². The van der Waals surface area contributed by atoms with Crippen molar-refractivity contribution in [1.29, 1.82) is 0 Å². The van der Waals surface area contributed by atoms with Crippen LogP contribution in [-0.4, -0.2) is 54.6 Å². The highest BCUT2D eigenvalue weighted by Crippen LogP contribution is 2.59. The van der Waals surface area contributed by atoms with E-state index >= 15 is 0 Å². The van der Waals surface area contributed by atoms with Crippen molar-refractivity contribution in [3.05, 3.63) is 53.6 Å². The molecule has 3 aliphatic rings. The van der Waals surface area contributed by atoms with Crippen LogP contribution in [0.15, 0.2) is 47.4 Å². The number of hydrogen-bond acceptors (Lipinski definition) is 7. The molecule has 5 rings (SSSR count). The summed E-state index contributed by atoms with van der Waals surface area (Å²) < 4.78 is 64.6. The van der Waals surface area contributed by atoms with E-state index in [1.165, 1.54) is 24.6 Å². The fraction of sp³-hybridized carbons (Fsp3) is 0.458. The van der Waals surface area contributed by atoms with E-state index in [1.807, 2.05) is 0 Å². The second-order valence-corrected chi connectivity index (χ2v) is 13.4. The molecule has 8 nitrogen and oxygen atoms in total. The van der Waals surface area contributed by atoms with E-state index in [0.29, 0.717) is 35.4 Å². The topological polar surface area (TPSA) is 107 Å². The summed E-state index contributed by atoms with van der Waals surface area (Å²) in [5.41, 5.74) is 0.863. The third-order valence-electron chi connectivity index (χ3n) is 7.40. The first-order chi connectivity index (χ1) is 16.1. The molecule has 2 fully saturated rings. The van der Waals surface area contributed by atoms with Gasteiger partial charge in [-0.15, -0.1) is 0 Å². The lowest BCUT2D eigenvalue weighted by molar-refractivity contribution is 0.0600. The number of benzene rings is 2. The number of hydrogen-bond donors (Lipinski definition) is 0. The standard InChI is InChI=1S/C24H27NO7S2/c1-31-18-4-3-5-19(15-18)34(29,30)25-21-9-8-17(23(26)32-2)14-20(21)24(22(25)16-6-7-16)10-12-33(27,28)13-11-24/h3-5,8-9,14-16,22H,6-7,10-13H2,1-2H3. The molecule has 34 heavy (non-hydrogen) atoms. The number of carbonyl (C=O) groups is 1. The van der Waals surface area contributed by atoms with Gasteiger partial charge in [0.2, 0.25) is 0 Å². The maximum absolute atomic E-state index is 14.1. The molecule has 2 aromatic carbocycles.